The number of nitrogens with zero attached hydrogens (tertiary/aromatic N) is 2. The number of nitrogens with one attached hydrogen (secondary N) is 1. The molecule has 3 heteroatoms. The van der Waals surface area contributed by atoms with Crippen molar-refractivity contribution in [3.63, 3.8) is 0 Å². The molecule has 15 heavy (non-hydrogen) atoms. The second-order valence-corrected chi connectivity index (χ2v) is 3.05. The van der Waals surface area contributed by atoms with E-state index in [0.29, 0.717) is 0 Å². The van der Waals surface area contributed by atoms with Gasteiger partial charge in [-0.15, -0.1) is 0 Å². The van der Waals surface area contributed by atoms with Gasteiger partial charge in [-0.1, -0.05) is 24.3 Å². The normalized spacial score (nSPS) is 10.3. The van der Waals surface area contributed by atoms with Gasteiger partial charge in [-0.25, -0.2) is 4.98 Å². The Balaban J connectivity index is 2.26. The molecule has 0 amide bonds. The minimum atomic E-state index is 0.991. The number of H-pyrrole nitrogens is 1. The lowest BCUT2D eigenvalue weighted by atomic mass is 10.1. The first kappa shape index (κ1) is 9.22. The van der Waals surface area contributed by atoms with Crippen molar-refractivity contribution in [2.45, 2.75) is 0 Å². The van der Waals surface area contributed by atoms with Crippen molar-refractivity contribution >= 4 is 6.08 Å². The molecule has 0 bridgehead atoms. The van der Waals surface area contributed by atoms with Crippen LogP contribution in [0.2, 0.25) is 0 Å². The van der Waals surface area contributed by atoms with Gasteiger partial charge >= 0.3 is 0 Å². The summed E-state index contributed by atoms with van der Waals surface area (Å²) in [5.41, 5.74) is 3.09. The number of aromatic amines is 1. The molecule has 0 radical (unpaired) electrons. The highest BCUT2D eigenvalue weighted by atomic mass is 14.9. The lowest BCUT2D eigenvalue weighted by molar-refractivity contribution is 1.31. The number of hydrogen-bond acceptors (Lipinski definition) is 2. The Morgan fingerprint density at radius 3 is 2.67 bits per heavy atom. The highest BCUT2D eigenvalue weighted by Gasteiger charge is 1.96. The lowest BCUT2D eigenvalue weighted by Crippen LogP contribution is -1.77. The van der Waals surface area contributed by atoms with Crippen molar-refractivity contribution in [2.75, 3.05) is 0 Å². The maximum Gasteiger partial charge on any atom is 0.0924 e. The van der Waals surface area contributed by atoms with E-state index < -0.39 is 0 Å². The van der Waals surface area contributed by atoms with E-state index in [9.17, 15) is 0 Å². The molecule has 0 saturated carbocycles. The topological polar surface area (TPSA) is 52.5 Å². The third-order valence-corrected chi connectivity index (χ3v) is 2.07. The van der Waals surface area contributed by atoms with Gasteiger partial charge in [0.1, 0.15) is 0 Å². The van der Waals surface area contributed by atoms with E-state index in [2.05, 4.69) is 9.97 Å². The van der Waals surface area contributed by atoms with Gasteiger partial charge in [0.2, 0.25) is 0 Å². The Bertz CT molecular complexity index is 487. The monoisotopic (exact) mass is 195 g/mol. The number of aromatic nitrogens is 2. The van der Waals surface area contributed by atoms with Crippen molar-refractivity contribution in [1.82, 2.24) is 9.97 Å². The standard InChI is InChI=1S/C12H9N3/c13-7-1-2-10-3-5-11(6-4-10)12-8-14-9-15-12/h1-6,8-9H,(H,14,15). The van der Waals surface area contributed by atoms with E-state index in [1.54, 1.807) is 18.6 Å². The van der Waals surface area contributed by atoms with Crippen LogP contribution in [-0.2, 0) is 0 Å². The van der Waals surface area contributed by atoms with Gasteiger partial charge in [-0.2, -0.15) is 5.26 Å². The van der Waals surface area contributed by atoms with Crippen LogP contribution >= 0.6 is 0 Å². The summed E-state index contributed by atoms with van der Waals surface area (Å²) in [6, 6.07) is 9.87. The Morgan fingerprint density at radius 2 is 2.07 bits per heavy atom. The molecule has 0 aliphatic heterocycles. The van der Waals surface area contributed by atoms with Crippen LogP contribution in [-0.4, -0.2) is 9.97 Å². The zero-order valence-electron chi connectivity index (χ0n) is 8.01. The number of nitriles is 1. The van der Waals surface area contributed by atoms with Gasteiger partial charge in [-0.05, 0) is 17.2 Å². The minimum absolute atomic E-state index is 0.991. The fourth-order valence-electron chi connectivity index (χ4n) is 1.32. The summed E-state index contributed by atoms with van der Waals surface area (Å²) in [6.45, 7) is 0. The average molecular weight is 195 g/mol. The zero-order chi connectivity index (χ0) is 10.5. The van der Waals surface area contributed by atoms with Crippen molar-refractivity contribution in [3.8, 4) is 17.3 Å². The summed E-state index contributed by atoms with van der Waals surface area (Å²) < 4.78 is 0. The number of imidazole rings is 1. The van der Waals surface area contributed by atoms with Crippen LogP contribution in [0.5, 0.6) is 0 Å². The Kier molecular flexibility index (Phi) is 2.61. The first-order chi connectivity index (χ1) is 7.40. The summed E-state index contributed by atoms with van der Waals surface area (Å²) in [5.74, 6) is 0. The molecule has 1 aromatic heterocycles. The fraction of sp³-hybridized carbons (Fsp3) is 0. The second-order valence-electron chi connectivity index (χ2n) is 3.05. The molecule has 1 aromatic carbocycles. The highest BCUT2D eigenvalue weighted by Crippen LogP contribution is 2.16. The number of rotatable bonds is 2. The molecule has 0 fully saturated rings. The van der Waals surface area contributed by atoms with Crippen LogP contribution in [0.15, 0.2) is 42.9 Å². The van der Waals surface area contributed by atoms with E-state index in [0.717, 1.165) is 16.8 Å². The van der Waals surface area contributed by atoms with E-state index in [-0.39, 0.29) is 0 Å². The van der Waals surface area contributed by atoms with Crippen LogP contribution in [0.4, 0.5) is 0 Å². The third-order valence-electron chi connectivity index (χ3n) is 2.07. The fourth-order valence-corrected chi connectivity index (χ4v) is 1.32. The van der Waals surface area contributed by atoms with Crippen LogP contribution in [0.25, 0.3) is 17.3 Å². The first-order valence-electron chi connectivity index (χ1n) is 4.55. The second kappa shape index (κ2) is 4.25. The highest BCUT2D eigenvalue weighted by molar-refractivity contribution is 5.62. The Hall–Kier alpha value is -2.34. The number of allylic oxidation sites excluding steroid dienone is 1. The van der Waals surface area contributed by atoms with Crippen molar-refractivity contribution in [3.05, 3.63) is 48.4 Å². The molecule has 0 aliphatic carbocycles. The van der Waals surface area contributed by atoms with Gasteiger partial charge in [0, 0.05) is 6.08 Å². The quantitative estimate of drug-likeness (QED) is 0.749. The molecule has 0 spiro atoms. The van der Waals surface area contributed by atoms with Gasteiger partial charge in [-0.3, -0.25) is 0 Å². The summed E-state index contributed by atoms with van der Waals surface area (Å²) in [5, 5.41) is 8.38. The largest absolute Gasteiger partial charge is 0.345 e. The molecular weight excluding hydrogens is 186 g/mol. The maximum atomic E-state index is 8.38. The zero-order valence-corrected chi connectivity index (χ0v) is 8.01. The van der Waals surface area contributed by atoms with Crippen molar-refractivity contribution < 1.29 is 0 Å². The molecule has 2 rings (SSSR count). The summed E-state index contributed by atoms with van der Waals surface area (Å²) in [6.07, 6.45) is 6.67. The average Bonchev–Trinajstić information content (AvgIpc) is 2.80. The van der Waals surface area contributed by atoms with E-state index >= 15 is 0 Å². The predicted molar refractivity (Wildman–Crippen MR) is 58.7 cm³/mol. The lowest BCUT2D eigenvalue weighted by Gasteiger charge is -1.97. The van der Waals surface area contributed by atoms with Crippen LogP contribution in [0, 0.1) is 11.3 Å². The van der Waals surface area contributed by atoms with Gasteiger partial charge in [0.25, 0.3) is 0 Å². The van der Waals surface area contributed by atoms with Gasteiger partial charge in [0.05, 0.1) is 24.3 Å². The Labute approximate surface area is 87.7 Å². The SMILES string of the molecule is N#CC=Cc1ccc(-c2cnc[nH]2)cc1. The van der Waals surface area contributed by atoms with Crippen LogP contribution in [0.3, 0.4) is 0 Å². The third kappa shape index (κ3) is 2.12. The molecule has 1 heterocycles. The van der Waals surface area contributed by atoms with Crippen LogP contribution in [0.1, 0.15) is 5.56 Å². The Morgan fingerprint density at radius 1 is 1.27 bits per heavy atom. The summed E-state index contributed by atoms with van der Waals surface area (Å²) >= 11 is 0. The number of hydrogen-bond donors (Lipinski definition) is 1. The van der Waals surface area contributed by atoms with Gasteiger partial charge in [0.15, 0.2) is 0 Å². The molecule has 0 atom stereocenters. The molecule has 0 aliphatic rings. The first-order valence-corrected chi connectivity index (χ1v) is 4.55. The van der Waals surface area contributed by atoms with E-state index in [4.69, 9.17) is 5.26 Å². The molecule has 72 valence electrons. The summed E-state index contributed by atoms with van der Waals surface area (Å²) in [4.78, 5) is 6.99. The minimum Gasteiger partial charge on any atom is -0.345 e. The smallest absolute Gasteiger partial charge is 0.0924 e. The molecule has 3 nitrogen and oxygen atoms in total. The van der Waals surface area contributed by atoms with Gasteiger partial charge < -0.3 is 4.98 Å². The number of benzene rings is 1. The van der Waals surface area contributed by atoms with Crippen molar-refractivity contribution in [2.24, 2.45) is 0 Å². The van der Waals surface area contributed by atoms with Crippen molar-refractivity contribution in [1.29, 1.82) is 5.26 Å². The van der Waals surface area contributed by atoms with Crippen LogP contribution < -0.4 is 0 Å². The summed E-state index contributed by atoms with van der Waals surface area (Å²) in [7, 11) is 0. The molecule has 1 N–H and O–H groups in total. The van der Waals surface area contributed by atoms with E-state index in [1.807, 2.05) is 30.3 Å². The molecule has 0 saturated heterocycles. The molecular formula is C12H9N3. The molecule has 0 unspecified atom stereocenters. The van der Waals surface area contributed by atoms with E-state index in [1.165, 1.54) is 6.08 Å². The molecule has 2 aromatic rings. The predicted octanol–water partition coefficient (Wildman–Crippen LogP) is 2.61. The maximum absolute atomic E-state index is 8.38.